The van der Waals surface area contributed by atoms with Gasteiger partial charge in [-0.1, -0.05) is 47.8 Å². The van der Waals surface area contributed by atoms with E-state index < -0.39 is 0 Å². The molecule has 1 aliphatic rings. The molecule has 1 amide bonds. The number of H-pyrrole nitrogens is 1. The number of anilines is 2. The van der Waals surface area contributed by atoms with Gasteiger partial charge in [-0.15, -0.1) is 0 Å². The third-order valence-corrected chi connectivity index (χ3v) is 5.91. The molecule has 4 rings (SSSR count). The quantitative estimate of drug-likeness (QED) is 0.534. The fourth-order valence-electron chi connectivity index (χ4n) is 2.75. The number of aromatic amines is 1. The molecule has 0 saturated carbocycles. The number of aromatic nitrogens is 2. The Morgan fingerprint density at radius 2 is 1.78 bits per heavy atom. The van der Waals surface area contributed by atoms with Gasteiger partial charge in [0.2, 0.25) is 11.8 Å². The molecule has 136 valence electrons. The highest BCUT2D eigenvalue weighted by atomic mass is 32.2. The van der Waals surface area contributed by atoms with Crippen LogP contribution in [0, 0.1) is 0 Å². The van der Waals surface area contributed by atoms with Crippen molar-refractivity contribution in [3.63, 3.8) is 0 Å². The highest BCUT2D eigenvalue weighted by Gasteiger charge is 2.27. The number of amides is 1. The van der Waals surface area contributed by atoms with Crippen molar-refractivity contribution >= 4 is 40.8 Å². The number of para-hydroxylation sites is 2. The van der Waals surface area contributed by atoms with Crippen molar-refractivity contribution in [3.8, 4) is 5.88 Å². The molecular weight excluding hydrogens is 382 g/mol. The lowest BCUT2D eigenvalue weighted by atomic mass is 10.2. The van der Waals surface area contributed by atoms with Crippen molar-refractivity contribution < 1.29 is 9.53 Å². The fourth-order valence-corrected chi connectivity index (χ4v) is 4.53. The monoisotopic (exact) mass is 397 g/mol. The van der Waals surface area contributed by atoms with E-state index in [0.717, 1.165) is 21.2 Å². The second-order valence-electron chi connectivity index (χ2n) is 5.65. The summed E-state index contributed by atoms with van der Waals surface area (Å²) in [6.07, 6.45) is 0. The number of nitrogens with one attached hydrogen (secondary N) is 1. The van der Waals surface area contributed by atoms with Crippen molar-refractivity contribution in [2.45, 2.75) is 14.9 Å². The van der Waals surface area contributed by atoms with Crippen LogP contribution in [0.5, 0.6) is 5.88 Å². The lowest BCUT2D eigenvalue weighted by molar-refractivity contribution is -0.115. The van der Waals surface area contributed by atoms with Gasteiger partial charge in [-0.25, -0.2) is 0 Å². The zero-order valence-electron chi connectivity index (χ0n) is 14.3. The minimum absolute atomic E-state index is 0.0920. The molecule has 0 spiro atoms. The minimum atomic E-state index is -0.318. The normalized spacial score (nSPS) is 12.3. The molecule has 0 aliphatic carbocycles. The van der Waals surface area contributed by atoms with Crippen LogP contribution in [-0.2, 0) is 4.79 Å². The number of hydrogen-bond acceptors (Lipinski definition) is 6. The average Bonchev–Trinajstić information content (AvgIpc) is 2.69. The molecule has 0 radical (unpaired) electrons. The number of methoxy groups -OCH3 is 1. The van der Waals surface area contributed by atoms with Crippen LogP contribution in [0.15, 0.2) is 74.3 Å². The molecule has 6 nitrogen and oxygen atoms in total. The van der Waals surface area contributed by atoms with Crippen LogP contribution in [0.25, 0.3) is 0 Å². The molecule has 0 bridgehead atoms. The molecule has 1 aromatic heterocycles. The highest BCUT2D eigenvalue weighted by Crippen LogP contribution is 2.48. The smallest absolute Gasteiger partial charge is 0.255 e. The summed E-state index contributed by atoms with van der Waals surface area (Å²) < 4.78 is 5.01. The largest absolute Gasteiger partial charge is 0.481 e. The van der Waals surface area contributed by atoms with E-state index in [9.17, 15) is 9.59 Å². The molecule has 27 heavy (non-hydrogen) atoms. The van der Waals surface area contributed by atoms with Gasteiger partial charge in [0.1, 0.15) is 0 Å². The summed E-state index contributed by atoms with van der Waals surface area (Å²) in [5, 5.41) is 0.348. The van der Waals surface area contributed by atoms with E-state index in [-0.39, 0.29) is 23.1 Å². The van der Waals surface area contributed by atoms with Crippen LogP contribution in [0.1, 0.15) is 0 Å². The molecule has 3 aromatic rings. The summed E-state index contributed by atoms with van der Waals surface area (Å²) >= 11 is 2.82. The Kier molecular flexibility index (Phi) is 4.91. The predicted octanol–water partition coefficient (Wildman–Crippen LogP) is 3.70. The molecule has 0 saturated heterocycles. The Hall–Kier alpha value is -2.71. The Labute approximate surface area is 164 Å². The molecule has 2 aromatic carbocycles. The number of thioether (sulfide) groups is 1. The Morgan fingerprint density at radius 3 is 2.41 bits per heavy atom. The number of carbonyl (C=O) groups is 1. The number of benzene rings is 2. The first-order valence-corrected chi connectivity index (χ1v) is 9.93. The first-order chi connectivity index (χ1) is 13.2. The second kappa shape index (κ2) is 7.50. The van der Waals surface area contributed by atoms with Gasteiger partial charge < -0.3 is 9.72 Å². The summed E-state index contributed by atoms with van der Waals surface area (Å²) in [6.45, 7) is 0. The molecule has 2 heterocycles. The van der Waals surface area contributed by atoms with Gasteiger partial charge >= 0.3 is 0 Å². The van der Waals surface area contributed by atoms with Crippen LogP contribution >= 0.6 is 23.5 Å². The van der Waals surface area contributed by atoms with E-state index in [2.05, 4.69) is 9.97 Å². The van der Waals surface area contributed by atoms with E-state index in [1.807, 2.05) is 48.5 Å². The Balaban J connectivity index is 1.62. The summed E-state index contributed by atoms with van der Waals surface area (Å²) in [6, 6.07) is 16.9. The lowest BCUT2D eigenvalue weighted by Gasteiger charge is -2.30. The summed E-state index contributed by atoms with van der Waals surface area (Å²) in [4.78, 5) is 35.3. The van der Waals surface area contributed by atoms with Crippen LogP contribution < -0.4 is 15.2 Å². The number of nitrogens with zero attached hydrogens (tertiary/aromatic N) is 2. The number of hydrogen-bond donors (Lipinski definition) is 1. The minimum Gasteiger partial charge on any atom is -0.481 e. The lowest BCUT2D eigenvalue weighted by Crippen LogP contribution is -2.30. The molecule has 8 heteroatoms. The maximum Gasteiger partial charge on any atom is 0.255 e. The molecule has 0 atom stereocenters. The Bertz CT molecular complexity index is 1020. The number of fused-ring (bicyclic) bond motifs is 2. The first-order valence-electron chi connectivity index (χ1n) is 8.13. The van der Waals surface area contributed by atoms with E-state index in [1.54, 1.807) is 16.7 Å². The molecule has 0 fully saturated rings. The number of ether oxygens (including phenoxy) is 1. The third-order valence-electron chi connectivity index (χ3n) is 3.92. The van der Waals surface area contributed by atoms with Crippen LogP contribution in [0.4, 0.5) is 11.4 Å². The summed E-state index contributed by atoms with van der Waals surface area (Å²) in [5.41, 5.74) is 1.40. The van der Waals surface area contributed by atoms with Gasteiger partial charge in [0.25, 0.3) is 5.56 Å². The maximum atomic E-state index is 13.1. The third kappa shape index (κ3) is 3.58. The highest BCUT2D eigenvalue weighted by molar-refractivity contribution is 8.00. The van der Waals surface area contributed by atoms with Gasteiger partial charge in [0.15, 0.2) is 5.16 Å². The zero-order valence-corrected chi connectivity index (χ0v) is 16.0. The number of carbonyl (C=O) groups excluding carboxylic acids is 1. The van der Waals surface area contributed by atoms with E-state index in [1.165, 1.54) is 24.9 Å². The van der Waals surface area contributed by atoms with E-state index in [0.29, 0.717) is 5.16 Å². The molecular formula is C19H15N3O3S2. The molecule has 1 N–H and O–H groups in total. The average molecular weight is 397 g/mol. The SMILES string of the molecule is COc1cc(=O)[nH]c(SCC(=O)N2c3ccccc3Sc3ccccc32)n1. The predicted molar refractivity (Wildman–Crippen MR) is 106 cm³/mol. The van der Waals surface area contributed by atoms with E-state index in [4.69, 9.17) is 4.74 Å². The van der Waals surface area contributed by atoms with Gasteiger partial charge in [-0.3, -0.25) is 14.5 Å². The van der Waals surface area contributed by atoms with Crippen molar-refractivity contribution in [1.29, 1.82) is 0 Å². The van der Waals surface area contributed by atoms with Crippen molar-refractivity contribution in [1.82, 2.24) is 9.97 Å². The van der Waals surface area contributed by atoms with Crippen molar-refractivity contribution in [2.75, 3.05) is 17.8 Å². The second-order valence-corrected chi connectivity index (χ2v) is 7.70. The number of rotatable bonds is 4. The van der Waals surface area contributed by atoms with Gasteiger partial charge in [0, 0.05) is 9.79 Å². The summed E-state index contributed by atoms with van der Waals surface area (Å²) in [7, 11) is 1.45. The standard InChI is InChI=1S/C19H15N3O3S2/c1-25-17-10-16(23)20-19(21-17)26-11-18(24)22-12-6-2-4-8-14(12)27-15-9-5-3-7-13(15)22/h2-10H,11H2,1H3,(H,20,21,23). The van der Waals surface area contributed by atoms with Crippen molar-refractivity contribution in [3.05, 3.63) is 65.0 Å². The van der Waals surface area contributed by atoms with Crippen LogP contribution in [0.3, 0.4) is 0 Å². The molecule has 0 unspecified atom stereocenters. The van der Waals surface area contributed by atoms with Gasteiger partial charge in [-0.05, 0) is 24.3 Å². The van der Waals surface area contributed by atoms with Gasteiger partial charge in [0.05, 0.1) is 30.3 Å². The van der Waals surface area contributed by atoms with Crippen LogP contribution in [0.2, 0.25) is 0 Å². The maximum absolute atomic E-state index is 13.1. The topological polar surface area (TPSA) is 75.3 Å². The zero-order chi connectivity index (χ0) is 18.8. The van der Waals surface area contributed by atoms with E-state index >= 15 is 0 Å². The van der Waals surface area contributed by atoms with Gasteiger partial charge in [-0.2, -0.15) is 4.98 Å². The molecule has 1 aliphatic heterocycles. The van der Waals surface area contributed by atoms with Crippen LogP contribution in [-0.4, -0.2) is 28.7 Å². The fraction of sp³-hybridized carbons (Fsp3) is 0.105. The Morgan fingerprint density at radius 1 is 1.15 bits per heavy atom. The van der Waals surface area contributed by atoms with Crippen molar-refractivity contribution in [2.24, 2.45) is 0 Å². The first kappa shape index (κ1) is 17.7. The summed E-state index contributed by atoms with van der Waals surface area (Å²) in [5.74, 6) is 0.258.